The lowest BCUT2D eigenvalue weighted by atomic mass is 10.1. The van der Waals surface area contributed by atoms with Crippen molar-refractivity contribution in [3.63, 3.8) is 0 Å². The SMILES string of the molecule is CC(CCC(=O)O)NC(=O)C1CCCN1C(=O)c1ccccc1OC(F)F. The van der Waals surface area contributed by atoms with Gasteiger partial charge in [-0.1, -0.05) is 12.1 Å². The molecule has 2 atom stereocenters. The number of likely N-dealkylation sites (tertiary alicyclic amines) is 1. The summed E-state index contributed by atoms with van der Waals surface area (Å²) in [6, 6.07) is 4.57. The molecule has 2 unspecified atom stereocenters. The van der Waals surface area contributed by atoms with Crippen molar-refractivity contribution in [1.82, 2.24) is 10.2 Å². The van der Waals surface area contributed by atoms with Crippen LogP contribution in [0.25, 0.3) is 0 Å². The number of amides is 2. The average molecular weight is 384 g/mol. The number of halogens is 2. The van der Waals surface area contributed by atoms with E-state index in [1.807, 2.05) is 0 Å². The Morgan fingerprint density at radius 1 is 1.33 bits per heavy atom. The molecule has 1 heterocycles. The number of ether oxygens (including phenoxy) is 1. The minimum atomic E-state index is -3.06. The molecular formula is C18H22F2N2O5. The summed E-state index contributed by atoms with van der Waals surface area (Å²) in [5.41, 5.74) is -0.0311. The van der Waals surface area contributed by atoms with Crippen LogP contribution < -0.4 is 10.1 Å². The predicted octanol–water partition coefficient (Wildman–Crippen LogP) is 2.26. The molecule has 1 aromatic carbocycles. The number of carbonyl (C=O) groups excluding carboxylic acids is 2. The predicted molar refractivity (Wildman–Crippen MR) is 91.6 cm³/mol. The molecule has 1 aliphatic heterocycles. The van der Waals surface area contributed by atoms with Crippen molar-refractivity contribution >= 4 is 17.8 Å². The van der Waals surface area contributed by atoms with E-state index in [0.717, 1.165) is 0 Å². The quantitative estimate of drug-likeness (QED) is 0.717. The maximum Gasteiger partial charge on any atom is 0.387 e. The number of hydrogen-bond acceptors (Lipinski definition) is 4. The van der Waals surface area contributed by atoms with E-state index in [2.05, 4.69) is 10.1 Å². The van der Waals surface area contributed by atoms with E-state index in [1.165, 1.54) is 29.2 Å². The van der Waals surface area contributed by atoms with Gasteiger partial charge < -0.3 is 20.1 Å². The van der Waals surface area contributed by atoms with Crippen molar-refractivity contribution in [3.05, 3.63) is 29.8 Å². The van der Waals surface area contributed by atoms with Crippen LogP contribution >= 0.6 is 0 Å². The van der Waals surface area contributed by atoms with E-state index < -0.39 is 24.5 Å². The van der Waals surface area contributed by atoms with Crippen LogP contribution in [0.15, 0.2) is 24.3 Å². The molecule has 7 nitrogen and oxygen atoms in total. The Bertz CT molecular complexity index is 698. The van der Waals surface area contributed by atoms with E-state index in [4.69, 9.17) is 5.11 Å². The number of nitrogens with one attached hydrogen (secondary N) is 1. The Hall–Kier alpha value is -2.71. The number of carboxylic acids is 1. The first-order valence-corrected chi connectivity index (χ1v) is 8.66. The first-order chi connectivity index (χ1) is 12.8. The molecule has 2 rings (SSSR count). The van der Waals surface area contributed by atoms with E-state index >= 15 is 0 Å². The number of carbonyl (C=O) groups is 3. The summed E-state index contributed by atoms with van der Waals surface area (Å²) >= 11 is 0. The number of carboxylic acid groups (broad SMARTS) is 1. The van der Waals surface area contributed by atoms with Gasteiger partial charge in [0.05, 0.1) is 5.56 Å². The molecule has 0 aromatic heterocycles. The Morgan fingerprint density at radius 2 is 2.04 bits per heavy atom. The second-order valence-corrected chi connectivity index (χ2v) is 6.37. The molecule has 1 saturated heterocycles. The highest BCUT2D eigenvalue weighted by Crippen LogP contribution is 2.26. The van der Waals surface area contributed by atoms with Crippen LogP contribution in [0.4, 0.5) is 8.78 Å². The standard InChI is InChI=1S/C18H22F2N2O5/c1-11(8-9-15(23)24)21-16(25)13-6-4-10-22(13)17(26)12-5-2-3-7-14(12)27-18(19)20/h2-3,5,7,11,13,18H,4,6,8-10H2,1H3,(H,21,25)(H,23,24). The highest BCUT2D eigenvalue weighted by atomic mass is 19.3. The van der Waals surface area contributed by atoms with Crippen LogP contribution in [0.1, 0.15) is 43.0 Å². The monoisotopic (exact) mass is 384 g/mol. The first-order valence-electron chi connectivity index (χ1n) is 8.66. The molecule has 148 valence electrons. The lowest BCUT2D eigenvalue weighted by molar-refractivity contribution is -0.137. The molecule has 2 amide bonds. The fourth-order valence-corrected chi connectivity index (χ4v) is 3.03. The van der Waals surface area contributed by atoms with Crippen LogP contribution in [-0.2, 0) is 9.59 Å². The molecule has 0 aliphatic carbocycles. The number of alkyl halides is 2. The lowest BCUT2D eigenvalue weighted by Crippen LogP contribution is -2.48. The fourth-order valence-electron chi connectivity index (χ4n) is 3.03. The van der Waals surface area contributed by atoms with Crippen LogP contribution in [0.3, 0.4) is 0 Å². The van der Waals surface area contributed by atoms with Crippen molar-refractivity contribution in [2.24, 2.45) is 0 Å². The molecule has 0 radical (unpaired) electrons. The van der Waals surface area contributed by atoms with Crippen LogP contribution in [0.5, 0.6) is 5.75 Å². The summed E-state index contributed by atoms with van der Waals surface area (Å²) in [6.45, 7) is -1.05. The van der Waals surface area contributed by atoms with Gasteiger partial charge in [-0.2, -0.15) is 8.78 Å². The minimum Gasteiger partial charge on any atom is -0.481 e. The zero-order valence-electron chi connectivity index (χ0n) is 14.9. The topological polar surface area (TPSA) is 95.9 Å². The van der Waals surface area contributed by atoms with Gasteiger partial charge >= 0.3 is 12.6 Å². The molecule has 0 saturated carbocycles. The third-order valence-corrected chi connectivity index (χ3v) is 4.33. The number of para-hydroxylation sites is 1. The third-order valence-electron chi connectivity index (χ3n) is 4.33. The summed E-state index contributed by atoms with van der Waals surface area (Å²) < 4.78 is 29.5. The van der Waals surface area contributed by atoms with Gasteiger partial charge in [0.2, 0.25) is 5.91 Å². The maximum absolute atomic E-state index is 12.8. The average Bonchev–Trinajstić information content (AvgIpc) is 3.09. The minimum absolute atomic E-state index is 0.0311. The van der Waals surface area contributed by atoms with Crippen LogP contribution in [0, 0.1) is 0 Å². The second-order valence-electron chi connectivity index (χ2n) is 6.37. The molecule has 27 heavy (non-hydrogen) atoms. The van der Waals surface area contributed by atoms with Gasteiger partial charge in [-0.3, -0.25) is 14.4 Å². The number of aliphatic carboxylic acids is 1. The molecule has 0 spiro atoms. The summed E-state index contributed by atoms with van der Waals surface area (Å²) in [7, 11) is 0. The van der Waals surface area contributed by atoms with Crippen LogP contribution in [-0.4, -0.2) is 53.0 Å². The zero-order chi connectivity index (χ0) is 20.0. The first kappa shape index (κ1) is 20.6. The molecule has 1 aliphatic rings. The molecule has 1 fully saturated rings. The van der Waals surface area contributed by atoms with Gasteiger partial charge in [0.15, 0.2) is 0 Å². The summed E-state index contributed by atoms with van der Waals surface area (Å²) in [4.78, 5) is 37.3. The third kappa shape index (κ3) is 5.63. The Kier molecular flexibility index (Phi) is 7.09. The van der Waals surface area contributed by atoms with Gasteiger partial charge in [-0.25, -0.2) is 0 Å². The molecule has 0 bridgehead atoms. The van der Waals surface area contributed by atoms with Crippen molar-refractivity contribution in [3.8, 4) is 5.75 Å². The van der Waals surface area contributed by atoms with Gasteiger partial charge in [-0.05, 0) is 38.3 Å². The zero-order valence-corrected chi connectivity index (χ0v) is 14.9. The Labute approximate surface area is 155 Å². The largest absolute Gasteiger partial charge is 0.481 e. The summed E-state index contributed by atoms with van der Waals surface area (Å²) in [6.07, 6.45) is 1.24. The molecule has 9 heteroatoms. The number of hydrogen-bond donors (Lipinski definition) is 2. The van der Waals surface area contributed by atoms with E-state index in [1.54, 1.807) is 6.92 Å². The van der Waals surface area contributed by atoms with E-state index in [9.17, 15) is 23.2 Å². The number of nitrogens with zero attached hydrogens (tertiary/aromatic N) is 1. The van der Waals surface area contributed by atoms with Gasteiger partial charge in [0.25, 0.3) is 5.91 Å². The van der Waals surface area contributed by atoms with Gasteiger partial charge in [-0.15, -0.1) is 0 Å². The highest BCUT2D eigenvalue weighted by Gasteiger charge is 2.36. The van der Waals surface area contributed by atoms with Crippen LogP contribution in [0.2, 0.25) is 0 Å². The highest BCUT2D eigenvalue weighted by molar-refractivity contribution is 6.00. The van der Waals surface area contributed by atoms with Crippen molar-refractivity contribution in [1.29, 1.82) is 0 Å². The number of benzene rings is 1. The normalized spacial score (nSPS) is 17.6. The molecule has 1 aromatic rings. The van der Waals surface area contributed by atoms with Crippen molar-refractivity contribution in [2.45, 2.75) is 51.3 Å². The Morgan fingerprint density at radius 3 is 2.70 bits per heavy atom. The molecule has 2 N–H and O–H groups in total. The smallest absolute Gasteiger partial charge is 0.387 e. The van der Waals surface area contributed by atoms with E-state index in [-0.39, 0.29) is 36.1 Å². The number of rotatable bonds is 8. The second kappa shape index (κ2) is 9.29. The lowest BCUT2D eigenvalue weighted by Gasteiger charge is -2.26. The fraction of sp³-hybridized carbons (Fsp3) is 0.500. The Balaban J connectivity index is 2.08. The van der Waals surface area contributed by atoms with Gasteiger partial charge in [0, 0.05) is 19.0 Å². The van der Waals surface area contributed by atoms with E-state index in [0.29, 0.717) is 19.4 Å². The molecular weight excluding hydrogens is 362 g/mol. The van der Waals surface area contributed by atoms with Crippen molar-refractivity contribution in [2.75, 3.05) is 6.54 Å². The summed E-state index contributed by atoms with van der Waals surface area (Å²) in [5, 5.41) is 11.4. The maximum atomic E-state index is 12.8. The van der Waals surface area contributed by atoms with Gasteiger partial charge in [0.1, 0.15) is 11.8 Å². The van der Waals surface area contributed by atoms with Crippen molar-refractivity contribution < 1.29 is 33.0 Å². The summed E-state index contributed by atoms with van der Waals surface area (Å²) in [5.74, 6) is -2.13.